The topological polar surface area (TPSA) is 23.5 Å². The standard InChI is InChI=1S/C14H28BNO/c1-13(2)9-14(3,15)7-5-10-11(13)6-8-16(4)12(10)17/h10-12,17H,5-9,15H2,1-4H3. The second-order valence-electron chi connectivity index (χ2n) is 7.82. The van der Waals surface area contributed by atoms with Gasteiger partial charge in [0, 0.05) is 12.5 Å². The van der Waals surface area contributed by atoms with Crippen molar-refractivity contribution in [3.8, 4) is 0 Å². The lowest BCUT2D eigenvalue weighted by Gasteiger charge is -2.47. The number of aliphatic hydroxyl groups is 1. The summed E-state index contributed by atoms with van der Waals surface area (Å²) < 4.78 is 0. The van der Waals surface area contributed by atoms with Crippen LogP contribution in [0, 0.1) is 17.3 Å². The Hall–Kier alpha value is -0.0151. The van der Waals surface area contributed by atoms with Crippen LogP contribution in [0.4, 0.5) is 0 Å². The zero-order valence-electron chi connectivity index (χ0n) is 12.2. The van der Waals surface area contributed by atoms with Crippen molar-refractivity contribution >= 4 is 7.85 Å². The molecule has 0 bridgehead atoms. The second kappa shape index (κ2) is 4.27. The maximum absolute atomic E-state index is 10.4. The highest BCUT2D eigenvalue weighted by Gasteiger charge is 2.47. The molecule has 1 aliphatic heterocycles. The van der Waals surface area contributed by atoms with Gasteiger partial charge in [0.05, 0.1) is 0 Å². The van der Waals surface area contributed by atoms with Gasteiger partial charge in [0.15, 0.2) is 0 Å². The van der Waals surface area contributed by atoms with E-state index in [0.717, 1.165) is 6.54 Å². The third-order valence-corrected chi connectivity index (χ3v) is 5.24. The Bertz CT molecular complexity index is 290. The van der Waals surface area contributed by atoms with E-state index < -0.39 is 0 Å². The number of piperidine rings is 1. The third kappa shape index (κ3) is 2.55. The fourth-order valence-electron chi connectivity index (χ4n) is 4.55. The smallest absolute Gasteiger partial charge is 0.110 e. The van der Waals surface area contributed by atoms with Gasteiger partial charge in [-0.15, -0.1) is 0 Å². The Morgan fingerprint density at radius 2 is 1.88 bits per heavy atom. The van der Waals surface area contributed by atoms with E-state index in [0.29, 0.717) is 22.6 Å². The number of nitrogens with zero attached hydrogens (tertiary/aromatic N) is 1. The molecule has 0 amide bonds. The summed E-state index contributed by atoms with van der Waals surface area (Å²) in [5, 5.41) is 10.9. The quantitative estimate of drug-likeness (QED) is 0.650. The molecule has 2 nitrogen and oxygen atoms in total. The fourth-order valence-corrected chi connectivity index (χ4v) is 4.55. The first-order valence-electron chi connectivity index (χ1n) is 7.11. The van der Waals surface area contributed by atoms with Gasteiger partial charge in [-0.1, -0.05) is 32.5 Å². The van der Waals surface area contributed by atoms with E-state index in [4.69, 9.17) is 0 Å². The molecular formula is C14H28BNO. The van der Waals surface area contributed by atoms with Crippen LogP contribution in [0.5, 0.6) is 0 Å². The lowest BCUT2D eigenvalue weighted by Crippen LogP contribution is -2.50. The van der Waals surface area contributed by atoms with Crippen LogP contribution >= 0.6 is 0 Å². The zero-order valence-corrected chi connectivity index (χ0v) is 12.2. The van der Waals surface area contributed by atoms with Gasteiger partial charge in [-0.05, 0) is 37.6 Å². The summed E-state index contributed by atoms with van der Waals surface area (Å²) in [7, 11) is 4.45. The molecule has 0 aromatic heterocycles. The van der Waals surface area contributed by atoms with Crippen molar-refractivity contribution < 1.29 is 5.11 Å². The predicted molar refractivity (Wildman–Crippen MR) is 74.8 cm³/mol. The van der Waals surface area contributed by atoms with Crippen LogP contribution in [-0.2, 0) is 0 Å². The summed E-state index contributed by atoms with van der Waals surface area (Å²) >= 11 is 0. The van der Waals surface area contributed by atoms with Crippen LogP contribution < -0.4 is 0 Å². The van der Waals surface area contributed by atoms with E-state index in [1.165, 1.54) is 25.7 Å². The van der Waals surface area contributed by atoms with Crippen molar-refractivity contribution in [1.82, 2.24) is 4.90 Å². The average Bonchev–Trinajstić information content (AvgIpc) is 2.26. The predicted octanol–water partition coefficient (Wildman–Crippen LogP) is 1.89. The number of rotatable bonds is 0. The summed E-state index contributed by atoms with van der Waals surface area (Å²) in [6, 6.07) is 0. The van der Waals surface area contributed by atoms with Crippen LogP contribution in [0.25, 0.3) is 0 Å². The minimum Gasteiger partial charge on any atom is -0.378 e. The molecule has 4 unspecified atom stereocenters. The molecule has 1 saturated carbocycles. The molecule has 3 heteroatoms. The molecule has 1 N–H and O–H groups in total. The number of fused-ring (bicyclic) bond motifs is 1. The van der Waals surface area contributed by atoms with Crippen molar-refractivity contribution in [2.45, 2.75) is 58.0 Å². The number of aliphatic hydroxyl groups excluding tert-OH is 1. The summed E-state index contributed by atoms with van der Waals surface area (Å²) in [5.41, 5.74) is 0.368. The monoisotopic (exact) mass is 237 g/mol. The van der Waals surface area contributed by atoms with Gasteiger partial charge in [-0.2, -0.15) is 0 Å². The van der Waals surface area contributed by atoms with Gasteiger partial charge in [-0.25, -0.2) is 0 Å². The van der Waals surface area contributed by atoms with Crippen molar-refractivity contribution in [3.05, 3.63) is 0 Å². The van der Waals surface area contributed by atoms with Crippen molar-refractivity contribution in [1.29, 1.82) is 0 Å². The normalized spacial score (nSPS) is 47.2. The van der Waals surface area contributed by atoms with Crippen molar-refractivity contribution in [2.24, 2.45) is 17.3 Å². The molecule has 1 aliphatic carbocycles. The maximum Gasteiger partial charge on any atom is 0.110 e. The first-order chi connectivity index (χ1) is 7.73. The minimum absolute atomic E-state index is 0.220. The van der Waals surface area contributed by atoms with Crippen LogP contribution in [0.15, 0.2) is 0 Å². The molecule has 2 fully saturated rings. The Labute approximate surface area is 107 Å². The molecule has 4 atom stereocenters. The maximum atomic E-state index is 10.4. The highest BCUT2D eigenvalue weighted by molar-refractivity contribution is 6.14. The molecule has 2 rings (SSSR count). The van der Waals surface area contributed by atoms with Crippen molar-refractivity contribution in [3.63, 3.8) is 0 Å². The first-order valence-corrected chi connectivity index (χ1v) is 7.11. The SMILES string of the molecule is BC1(C)CCC2C(O)N(C)CCC2C(C)(C)C1. The molecule has 98 valence electrons. The summed E-state index contributed by atoms with van der Waals surface area (Å²) in [5.74, 6) is 1.17. The van der Waals surface area contributed by atoms with Gasteiger partial charge in [-0.3, -0.25) is 4.90 Å². The Kier molecular flexibility index (Phi) is 3.37. The molecule has 0 aromatic rings. The van der Waals surface area contributed by atoms with Crippen LogP contribution in [0.1, 0.15) is 46.5 Å². The van der Waals surface area contributed by atoms with E-state index in [2.05, 4.69) is 40.6 Å². The molecule has 1 saturated heterocycles. The second-order valence-corrected chi connectivity index (χ2v) is 7.82. The molecular weight excluding hydrogens is 209 g/mol. The first kappa shape index (κ1) is 13.4. The summed E-state index contributed by atoms with van der Waals surface area (Å²) in [4.78, 5) is 2.13. The molecule has 2 aliphatic rings. The highest BCUT2D eigenvalue weighted by Crippen LogP contribution is 2.54. The largest absolute Gasteiger partial charge is 0.378 e. The number of hydrogen-bond donors (Lipinski definition) is 1. The van der Waals surface area contributed by atoms with Gasteiger partial charge >= 0.3 is 0 Å². The molecule has 17 heavy (non-hydrogen) atoms. The van der Waals surface area contributed by atoms with Crippen LogP contribution in [0.2, 0.25) is 5.31 Å². The minimum atomic E-state index is -0.220. The van der Waals surface area contributed by atoms with E-state index in [-0.39, 0.29) is 6.23 Å². The molecule has 0 radical (unpaired) electrons. The zero-order chi connectivity index (χ0) is 12.8. The van der Waals surface area contributed by atoms with Gasteiger partial charge in [0.25, 0.3) is 0 Å². The summed E-state index contributed by atoms with van der Waals surface area (Å²) in [6.45, 7) is 8.26. The lowest BCUT2D eigenvalue weighted by molar-refractivity contribution is -0.101. The lowest BCUT2D eigenvalue weighted by atomic mass is 9.59. The van der Waals surface area contributed by atoms with Gasteiger partial charge < -0.3 is 5.11 Å². The van der Waals surface area contributed by atoms with Crippen LogP contribution in [-0.4, -0.2) is 37.7 Å². The molecule has 0 aromatic carbocycles. The summed E-state index contributed by atoms with van der Waals surface area (Å²) in [6.07, 6.45) is 4.76. The van der Waals surface area contributed by atoms with Gasteiger partial charge in [0.1, 0.15) is 14.1 Å². The molecule has 0 spiro atoms. The van der Waals surface area contributed by atoms with Crippen molar-refractivity contribution in [2.75, 3.05) is 13.6 Å². The fraction of sp³-hybridized carbons (Fsp3) is 1.00. The molecule has 1 heterocycles. The Morgan fingerprint density at radius 3 is 2.53 bits per heavy atom. The van der Waals surface area contributed by atoms with E-state index >= 15 is 0 Å². The van der Waals surface area contributed by atoms with Gasteiger partial charge in [0.2, 0.25) is 0 Å². The Morgan fingerprint density at radius 1 is 1.24 bits per heavy atom. The third-order valence-electron chi connectivity index (χ3n) is 5.24. The van der Waals surface area contributed by atoms with E-state index in [1.807, 2.05) is 0 Å². The average molecular weight is 237 g/mol. The van der Waals surface area contributed by atoms with E-state index in [1.54, 1.807) is 0 Å². The highest BCUT2D eigenvalue weighted by atomic mass is 16.3. The van der Waals surface area contributed by atoms with Crippen LogP contribution in [0.3, 0.4) is 0 Å². The Balaban J connectivity index is 2.26. The number of likely N-dealkylation sites (tertiary alicyclic amines) is 1. The number of hydrogen-bond acceptors (Lipinski definition) is 2. The van der Waals surface area contributed by atoms with E-state index in [9.17, 15) is 5.11 Å².